The van der Waals surface area contributed by atoms with Gasteiger partial charge in [-0.15, -0.1) is 12.4 Å². The van der Waals surface area contributed by atoms with Crippen LogP contribution in [0.15, 0.2) is 24.3 Å². The molecule has 0 bridgehead atoms. The number of nitrogens with zero attached hydrogens (tertiary/aromatic N) is 1. The van der Waals surface area contributed by atoms with Gasteiger partial charge in [-0.1, -0.05) is 24.3 Å². The number of amides is 1. The second kappa shape index (κ2) is 9.20. The summed E-state index contributed by atoms with van der Waals surface area (Å²) in [5, 5.41) is 6.46. The zero-order valence-electron chi connectivity index (χ0n) is 15.6. The molecule has 2 saturated heterocycles. The van der Waals surface area contributed by atoms with Crippen molar-refractivity contribution in [3.63, 3.8) is 0 Å². The van der Waals surface area contributed by atoms with Gasteiger partial charge in [0.2, 0.25) is 5.91 Å². The van der Waals surface area contributed by atoms with Crippen LogP contribution < -0.4 is 10.6 Å². The lowest BCUT2D eigenvalue weighted by atomic mass is 9.97. The van der Waals surface area contributed by atoms with Gasteiger partial charge >= 0.3 is 0 Å². The van der Waals surface area contributed by atoms with Gasteiger partial charge in [0.05, 0.1) is 6.04 Å². The number of hydrogen-bond acceptors (Lipinski definition) is 3. The molecule has 3 fully saturated rings. The van der Waals surface area contributed by atoms with Gasteiger partial charge in [-0.25, -0.2) is 0 Å². The fraction of sp³-hybridized carbons (Fsp3) is 0.667. The van der Waals surface area contributed by atoms with Crippen molar-refractivity contribution in [2.24, 2.45) is 5.92 Å². The third-order valence-corrected chi connectivity index (χ3v) is 5.98. The minimum absolute atomic E-state index is 0. The van der Waals surface area contributed by atoms with Gasteiger partial charge in [0.1, 0.15) is 0 Å². The van der Waals surface area contributed by atoms with Crippen molar-refractivity contribution >= 4 is 18.3 Å². The molecule has 4 rings (SSSR count). The Hall–Kier alpha value is -1.10. The van der Waals surface area contributed by atoms with E-state index in [1.165, 1.54) is 43.4 Å². The average Bonchev–Trinajstić information content (AvgIpc) is 3.34. The van der Waals surface area contributed by atoms with Crippen molar-refractivity contribution in [3.05, 3.63) is 35.4 Å². The molecule has 4 nitrogen and oxygen atoms in total. The van der Waals surface area contributed by atoms with E-state index >= 15 is 0 Å². The summed E-state index contributed by atoms with van der Waals surface area (Å²) in [5.74, 6) is 1.63. The van der Waals surface area contributed by atoms with E-state index < -0.39 is 0 Å². The van der Waals surface area contributed by atoms with Crippen molar-refractivity contribution in [2.45, 2.75) is 57.0 Å². The lowest BCUT2D eigenvalue weighted by Gasteiger charge is -2.33. The standard InChI is InChI=1S/C21H31N3O.ClH/c25-21(20-4-1-11-22-20)23-13-17-3-2-12-24(15-17)14-16-5-7-18(8-6-16)19-9-10-19;/h5-8,17,19-20,22H,1-4,9-15H2,(H,23,25);1H. The molecule has 1 aromatic rings. The van der Waals surface area contributed by atoms with Crippen LogP contribution in [0.2, 0.25) is 0 Å². The van der Waals surface area contributed by atoms with E-state index in [-0.39, 0.29) is 24.4 Å². The van der Waals surface area contributed by atoms with Crippen LogP contribution in [0.25, 0.3) is 0 Å². The number of carbonyl (C=O) groups is 1. The summed E-state index contributed by atoms with van der Waals surface area (Å²) < 4.78 is 0. The van der Waals surface area contributed by atoms with E-state index in [0.29, 0.717) is 5.92 Å². The van der Waals surface area contributed by atoms with Gasteiger partial charge in [-0.2, -0.15) is 0 Å². The number of piperidine rings is 1. The minimum Gasteiger partial charge on any atom is -0.354 e. The second-order valence-corrected chi connectivity index (χ2v) is 8.15. The van der Waals surface area contributed by atoms with Crippen LogP contribution in [0.5, 0.6) is 0 Å². The molecule has 0 aromatic heterocycles. The molecule has 1 saturated carbocycles. The van der Waals surface area contributed by atoms with E-state index in [1.807, 2.05) is 0 Å². The minimum atomic E-state index is 0. The van der Waals surface area contributed by atoms with Crippen molar-refractivity contribution < 1.29 is 4.79 Å². The molecular formula is C21H32ClN3O. The zero-order valence-corrected chi connectivity index (χ0v) is 16.4. The number of carbonyl (C=O) groups excluding carboxylic acids is 1. The van der Waals surface area contributed by atoms with Gasteiger partial charge in [-0.3, -0.25) is 9.69 Å². The number of benzene rings is 1. The molecule has 0 spiro atoms. The zero-order chi connectivity index (χ0) is 17.1. The molecule has 3 aliphatic rings. The van der Waals surface area contributed by atoms with Crippen molar-refractivity contribution in [3.8, 4) is 0 Å². The van der Waals surface area contributed by atoms with Gasteiger partial charge in [0.15, 0.2) is 0 Å². The highest BCUT2D eigenvalue weighted by atomic mass is 35.5. The lowest BCUT2D eigenvalue weighted by molar-refractivity contribution is -0.123. The molecule has 2 unspecified atom stereocenters. The van der Waals surface area contributed by atoms with Gasteiger partial charge < -0.3 is 10.6 Å². The van der Waals surface area contributed by atoms with E-state index in [1.54, 1.807) is 0 Å². The highest BCUT2D eigenvalue weighted by Gasteiger charge is 2.25. The molecule has 2 N–H and O–H groups in total. The molecule has 144 valence electrons. The largest absolute Gasteiger partial charge is 0.354 e. The number of rotatable bonds is 6. The maximum absolute atomic E-state index is 12.2. The predicted molar refractivity (Wildman–Crippen MR) is 108 cm³/mol. The van der Waals surface area contributed by atoms with Crippen LogP contribution in [0.4, 0.5) is 0 Å². The summed E-state index contributed by atoms with van der Waals surface area (Å²) in [5.41, 5.74) is 2.94. The molecule has 0 radical (unpaired) electrons. The smallest absolute Gasteiger partial charge is 0.237 e. The Labute approximate surface area is 163 Å². The topological polar surface area (TPSA) is 44.4 Å². The van der Waals surface area contributed by atoms with Crippen molar-refractivity contribution in [1.82, 2.24) is 15.5 Å². The predicted octanol–water partition coefficient (Wildman–Crippen LogP) is 3.07. The highest BCUT2D eigenvalue weighted by Crippen LogP contribution is 2.39. The first-order valence-electron chi connectivity index (χ1n) is 10.1. The van der Waals surface area contributed by atoms with Crippen LogP contribution in [0.3, 0.4) is 0 Å². The molecular weight excluding hydrogens is 346 g/mol. The maximum atomic E-state index is 12.2. The molecule has 26 heavy (non-hydrogen) atoms. The molecule has 2 aliphatic heterocycles. The van der Waals surface area contributed by atoms with E-state index in [2.05, 4.69) is 39.8 Å². The molecule has 1 aliphatic carbocycles. The van der Waals surface area contributed by atoms with Gasteiger partial charge in [-0.05, 0) is 74.6 Å². The van der Waals surface area contributed by atoms with Crippen LogP contribution in [0.1, 0.15) is 55.6 Å². The summed E-state index contributed by atoms with van der Waals surface area (Å²) in [6, 6.07) is 9.31. The Bertz CT molecular complexity index is 581. The molecule has 2 heterocycles. The molecule has 2 atom stereocenters. The summed E-state index contributed by atoms with van der Waals surface area (Å²) in [6.45, 7) is 5.13. The number of likely N-dealkylation sites (tertiary alicyclic amines) is 1. The highest BCUT2D eigenvalue weighted by molar-refractivity contribution is 5.85. The van der Waals surface area contributed by atoms with E-state index in [4.69, 9.17) is 0 Å². The summed E-state index contributed by atoms with van der Waals surface area (Å²) in [7, 11) is 0. The van der Waals surface area contributed by atoms with Crippen LogP contribution >= 0.6 is 12.4 Å². The number of halogens is 1. The normalized spacial score (nSPS) is 26.3. The van der Waals surface area contributed by atoms with Crippen LogP contribution in [-0.2, 0) is 11.3 Å². The first-order valence-corrected chi connectivity index (χ1v) is 10.1. The monoisotopic (exact) mass is 377 g/mol. The molecule has 5 heteroatoms. The second-order valence-electron chi connectivity index (χ2n) is 8.15. The number of hydrogen-bond donors (Lipinski definition) is 2. The van der Waals surface area contributed by atoms with Crippen LogP contribution in [0, 0.1) is 5.92 Å². The maximum Gasteiger partial charge on any atom is 0.237 e. The Balaban J connectivity index is 0.00000196. The van der Waals surface area contributed by atoms with Crippen molar-refractivity contribution in [2.75, 3.05) is 26.2 Å². The summed E-state index contributed by atoms with van der Waals surface area (Å²) in [6.07, 6.45) is 7.32. The third-order valence-electron chi connectivity index (χ3n) is 5.98. The fourth-order valence-electron chi connectivity index (χ4n) is 4.31. The Morgan fingerprint density at radius 1 is 1.12 bits per heavy atom. The van der Waals surface area contributed by atoms with E-state index in [9.17, 15) is 4.79 Å². The molecule has 1 amide bonds. The number of nitrogens with one attached hydrogen (secondary N) is 2. The lowest BCUT2D eigenvalue weighted by Crippen LogP contribution is -2.45. The first kappa shape index (κ1) is 19.7. The summed E-state index contributed by atoms with van der Waals surface area (Å²) in [4.78, 5) is 14.7. The van der Waals surface area contributed by atoms with Crippen LogP contribution in [-0.4, -0.2) is 43.0 Å². The van der Waals surface area contributed by atoms with Crippen molar-refractivity contribution in [1.29, 1.82) is 0 Å². The Morgan fingerprint density at radius 3 is 2.62 bits per heavy atom. The quantitative estimate of drug-likeness (QED) is 0.800. The SMILES string of the molecule is Cl.O=C(NCC1CCCN(Cc2ccc(C3CC3)cc2)C1)C1CCCN1. The molecule has 1 aromatic carbocycles. The Kier molecular flexibility index (Phi) is 6.96. The third kappa shape index (κ3) is 5.21. The Morgan fingerprint density at radius 2 is 1.92 bits per heavy atom. The average molecular weight is 378 g/mol. The fourth-order valence-corrected chi connectivity index (χ4v) is 4.31. The summed E-state index contributed by atoms with van der Waals surface area (Å²) >= 11 is 0. The van der Waals surface area contributed by atoms with E-state index in [0.717, 1.165) is 44.9 Å². The first-order chi connectivity index (χ1) is 12.3. The van der Waals surface area contributed by atoms with Gasteiger partial charge in [0, 0.05) is 19.6 Å². The van der Waals surface area contributed by atoms with Gasteiger partial charge in [0.25, 0.3) is 0 Å².